The normalized spacial score (nSPS) is 10.2. The number of hydrogen-bond acceptors (Lipinski definition) is 2. The molecule has 0 spiro atoms. The predicted octanol–water partition coefficient (Wildman–Crippen LogP) is 3.12. The van der Waals surface area contributed by atoms with Gasteiger partial charge in [0.05, 0.1) is 0 Å². The topological polar surface area (TPSA) is 58.2 Å². The number of carbonyl (C=O) groups excluding carboxylic acids is 2. The van der Waals surface area contributed by atoms with Gasteiger partial charge in [0, 0.05) is 17.3 Å². The van der Waals surface area contributed by atoms with Crippen LogP contribution >= 0.6 is 0 Å². The summed E-state index contributed by atoms with van der Waals surface area (Å²) in [5.41, 5.74) is 2.05. The predicted molar refractivity (Wildman–Crippen MR) is 73.1 cm³/mol. The van der Waals surface area contributed by atoms with Gasteiger partial charge in [-0.25, -0.2) is 4.79 Å². The number of carbonyl (C=O) groups is 2. The second-order valence-corrected chi connectivity index (χ2v) is 4.25. The van der Waals surface area contributed by atoms with Crippen molar-refractivity contribution in [2.45, 2.75) is 39.7 Å². The summed E-state index contributed by atoms with van der Waals surface area (Å²) in [7, 11) is 0. The Morgan fingerprint density at radius 2 is 2.00 bits per heavy atom. The maximum absolute atomic E-state index is 11.8. The average molecular weight is 248 g/mol. The zero-order chi connectivity index (χ0) is 13.5. The van der Waals surface area contributed by atoms with E-state index in [2.05, 4.69) is 10.6 Å². The van der Waals surface area contributed by atoms with E-state index in [0.717, 1.165) is 24.7 Å². The number of rotatable bonds is 5. The van der Waals surface area contributed by atoms with E-state index < -0.39 is 0 Å². The summed E-state index contributed by atoms with van der Waals surface area (Å²) in [6, 6.07) is 5.22. The third-order valence-corrected chi connectivity index (χ3v) is 3.07. The van der Waals surface area contributed by atoms with Gasteiger partial charge in [-0.1, -0.05) is 26.0 Å². The molecule has 0 heterocycles. The van der Waals surface area contributed by atoms with Crippen LogP contribution in [0.2, 0.25) is 0 Å². The smallest absolute Gasteiger partial charge is 0.319 e. The molecule has 0 fully saturated rings. The molecule has 0 unspecified atom stereocenters. The molecular formula is C14H20N2O2. The Bertz CT molecular complexity index is 426. The number of urea groups is 1. The summed E-state index contributed by atoms with van der Waals surface area (Å²) >= 11 is 0. The molecule has 0 aliphatic heterocycles. The van der Waals surface area contributed by atoms with Crippen molar-refractivity contribution in [1.29, 1.82) is 0 Å². The van der Waals surface area contributed by atoms with Crippen molar-refractivity contribution < 1.29 is 9.59 Å². The number of benzene rings is 1. The average Bonchev–Trinajstić information content (AvgIpc) is 2.38. The number of nitrogens with one attached hydrogen (secondary N) is 2. The molecule has 4 nitrogen and oxygen atoms in total. The van der Waals surface area contributed by atoms with Crippen LogP contribution in [0.25, 0.3) is 0 Å². The lowest BCUT2D eigenvalue weighted by Crippen LogP contribution is -2.37. The molecule has 1 aromatic rings. The summed E-state index contributed by atoms with van der Waals surface area (Å²) in [5, 5.41) is 5.67. The molecule has 0 aromatic heterocycles. The first-order chi connectivity index (χ1) is 8.62. The maximum atomic E-state index is 11.8. The first-order valence-electron chi connectivity index (χ1n) is 6.24. The van der Waals surface area contributed by atoms with Gasteiger partial charge in [-0.3, -0.25) is 4.79 Å². The molecule has 0 aliphatic rings. The molecule has 1 rings (SSSR count). The number of amides is 2. The van der Waals surface area contributed by atoms with Crippen LogP contribution in [0.5, 0.6) is 0 Å². The molecule has 0 atom stereocenters. The lowest BCUT2D eigenvalue weighted by Gasteiger charge is -2.16. The molecule has 0 bridgehead atoms. The quantitative estimate of drug-likeness (QED) is 0.786. The zero-order valence-electron chi connectivity index (χ0n) is 11.1. The van der Waals surface area contributed by atoms with Crippen molar-refractivity contribution in [3.05, 3.63) is 29.3 Å². The third-order valence-electron chi connectivity index (χ3n) is 3.07. The van der Waals surface area contributed by atoms with E-state index in [9.17, 15) is 9.59 Å². The molecule has 2 N–H and O–H groups in total. The second kappa shape index (κ2) is 6.79. The van der Waals surface area contributed by atoms with Crippen molar-refractivity contribution >= 4 is 18.0 Å². The fourth-order valence-corrected chi connectivity index (χ4v) is 1.75. The van der Waals surface area contributed by atoms with Gasteiger partial charge in [-0.15, -0.1) is 0 Å². The minimum absolute atomic E-state index is 0.180. The van der Waals surface area contributed by atoms with E-state index >= 15 is 0 Å². The van der Waals surface area contributed by atoms with Crippen LogP contribution in [0.15, 0.2) is 18.2 Å². The van der Waals surface area contributed by atoms with Crippen LogP contribution in [-0.4, -0.2) is 18.4 Å². The molecule has 2 amide bonds. The summed E-state index contributed by atoms with van der Waals surface area (Å²) in [6.45, 7) is 5.88. The molecule has 0 saturated carbocycles. The van der Waals surface area contributed by atoms with Crippen molar-refractivity contribution in [1.82, 2.24) is 5.32 Å². The summed E-state index contributed by atoms with van der Waals surface area (Å²) in [6.07, 6.45) is 2.59. The number of aldehydes is 1. The zero-order valence-corrected chi connectivity index (χ0v) is 11.1. The van der Waals surface area contributed by atoms with E-state index in [4.69, 9.17) is 0 Å². The van der Waals surface area contributed by atoms with Gasteiger partial charge in [0.1, 0.15) is 6.29 Å². The lowest BCUT2D eigenvalue weighted by atomic mass is 10.1. The first kappa shape index (κ1) is 14.2. The number of hydrogen-bond donors (Lipinski definition) is 2. The van der Waals surface area contributed by atoms with E-state index in [-0.39, 0.29) is 12.1 Å². The fraction of sp³-hybridized carbons (Fsp3) is 0.429. The van der Waals surface area contributed by atoms with E-state index in [1.807, 2.05) is 20.8 Å². The highest BCUT2D eigenvalue weighted by Crippen LogP contribution is 2.17. The van der Waals surface area contributed by atoms with Gasteiger partial charge >= 0.3 is 6.03 Å². The van der Waals surface area contributed by atoms with Crippen molar-refractivity contribution in [2.75, 3.05) is 5.32 Å². The van der Waals surface area contributed by atoms with Gasteiger partial charge in [-0.2, -0.15) is 0 Å². The van der Waals surface area contributed by atoms with Gasteiger partial charge in [0.25, 0.3) is 0 Å². The Morgan fingerprint density at radius 1 is 1.33 bits per heavy atom. The Kier molecular flexibility index (Phi) is 5.36. The van der Waals surface area contributed by atoms with Crippen molar-refractivity contribution in [2.24, 2.45) is 0 Å². The monoisotopic (exact) mass is 248 g/mol. The van der Waals surface area contributed by atoms with E-state index in [0.29, 0.717) is 11.3 Å². The second-order valence-electron chi connectivity index (χ2n) is 4.25. The Morgan fingerprint density at radius 3 is 2.56 bits per heavy atom. The Hall–Kier alpha value is -1.84. The molecule has 18 heavy (non-hydrogen) atoms. The molecule has 98 valence electrons. The Balaban J connectivity index is 2.73. The maximum Gasteiger partial charge on any atom is 0.319 e. The molecular weight excluding hydrogens is 228 g/mol. The van der Waals surface area contributed by atoms with E-state index in [1.165, 1.54) is 0 Å². The highest BCUT2D eigenvalue weighted by Gasteiger charge is 2.10. The summed E-state index contributed by atoms with van der Waals surface area (Å²) in [4.78, 5) is 22.6. The summed E-state index contributed by atoms with van der Waals surface area (Å²) in [5.74, 6) is 0. The van der Waals surface area contributed by atoms with Crippen molar-refractivity contribution in [3.8, 4) is 0 Å². The molecule has 4 heteroatoms. The third kappa shape index (κ3) is 3.58. The van der Waals surface area contributed by atoms with Crippen LogP contribution in [0, 0.1) is 6.92 Å². The van der Waals surface area contributed by atoms with Crippen LogP contribution in [0.1, 0.15) is 42.6 Å². The Labute approximate surface area is 108 Å². The van der Waals surface area contributed by atoms with Crippen LogP contribution in [0.3, 0.4) is 0 Å². The highest BCUT2D eigenvalue weighted by molar-refractivity contribution is 5.92. The first-order valence-corrected chi connectivity index (χ1v) is 6.24. The minimum Gasteiger partial charge on any atom is -0.335 e. The van der Waals surface area contributed by atoms with Crippen LogP contribution < -0.4 is 10.6 Å². The van der Waals surface area contributed by atoms with Crippen LogP contribution in [-0.2, 0) is 0 Å². The van der Waals surface area contributed by atoms with E-state index in [1.54, 1.807) is 18.2 Å². The largest absolute Gasteiger partial charge is 0.335 e. The van der Waals surface area contributed by atoms with Gasteiger partial charge < -0.3 is 10.6 Å². The van der Waals surface area contributed by atoms with Gasteiger partial charge in [0.2, 0.25) is 0 Å². The van der Waals surface area contributed by atoms with Crippen molar-refractivity contribution in [3.63, 3.8) is 0 Å². The molecule has 0 saturated heterocycles. The van der Waals surface area contributed by atoms with Gasteiger partial charge in [-0.05, 0) is 31.4 Å². The molecule has 0 radical (unpaired) electrons. The summed E-state index contributed by atoms with van der Waals surface area (Å²) < 4.78 is 0. The minimum atomic E-state index is -0.227. The lowest BCUT2D eigenvalue weighted by molar-refractivity contribution is 0.112. The van der Waals surface area contributed by atoms with Gasteiger partial charge in [0.15, 0.2) is 0 Å². The fourth-order valence-electron chi connectivity index (χ4n) is 1.75. The molecule has 1 aromatic carbocycles. The standard InChI is InChI=1S/C14H20N2O2/c1-4-12(5-2)15-14(18)16-13-8-6-7-11(9-17)10(13)3/h6-9,12H,4-5H2,1-3H3,(H2,15,16,18). The number of anilines is 1. The highest BCUT2D eigenvalue weighted by atomic mass is 16.2. The molecule has 0 aliphatic carbocycles. The SMILES string of the molecule is CCC(CC)NC(=O)Nc1cccc(C=O)c1C. The van der Waals surface area contributed by atoms with Crippen LogP contribution in [0.4, 0.5) is 10.5 Å².